The lowest BCUT2D eigenvalue weighted by Gasteiger charge is -2.35. The number of rotatable bonds is 9. The second-order valence-electron chi connectivity index (χ2n) is 7.65. The Balaban J connectivity index is 3.24. The van der Waals surface area contributed by atoms with Crippen molar-refractivity contribution >= 4 is 20.4 Å². The summed E-state index contributed by atoms with van der Waals surface area (Å²) >= 11 is 0. The van der Waals surface area contributed by atoms with Gasteiger partial charge in [-0.3, -0.25) is 0 Å². The molecule has 1 rings (SSSR count). The molecule has 0 aliphatic heterocycles. The summed E-state index contributed by atoms with van der Waals surface area (Å²) in [6.07, 6.45) is -1.84. The molecule has 1 aromatic rings. The molecule has 0 aromatic heterocycles. The molecule has 0 saturated heterocycles. The van der Waals surface area contributed by atoms with Gasteiger partial charge >= 0.3 is 12.1 Å². The zero-order valence-electron chi connectivity index (χ0n) is 17.2. The Labute approximate surface area is 163 Å². The maximum Gasteiger partial charge on any atom is 0.408 e. The third kappa shape index (κ3) is 6.99. The summed E-state index contributed by atoms with van der Waals surface area (Å²) in [4.78, 5) is 24.5. The zero-order valence-corrected chi connectivity index (χ0v) is 18.2. The van der Waals surface area contributed by atoms with Crippen LogP contribution in [0.15, 0.2) is 30.3 Å². The number of carboxylic acids is 1. The molecule has 0 bridgehead atoms. The third-order valence-corrected chi connectivity index (χ3v) is 9.31. The lowest BCUT2D eigenvalue weighted by Crippen LogP contribution is -2.50. The third-order valence-electron chi connectivity index (χ3n) is 4.69. The molecule has 0 aliphatic rings. The summed E-state index contributed by atoms with van der Waals surface area (Å²) < 4.78 is 11.6. The van der Waals surface area contributed by atoms with E-state index in [9.17, 15) is 14.7 Å². The monoisotopic (exact) mass is 395 g/mol. The van der Waals surface area contributed by atoms with E-state index in [0.717, 1.165) is 18.1 Å². The molecule has 0 heterocycles. The summed E-state index contributed by atoms with van der Waals surface area (Å²) in [7, 11) is -2.21. The molecule has 0 radical (unpaired) electrons. The molecule has 6 nitrogen and oxygen atoms in total. The van der Waals surface area contributed by atoms with Crippen LogP contribution in [0.2, 0.25) is 18.1 Å². The van der Waals surface area contributed by atoms with E-state index >= 15 is 0 Å². The Morgan fingerprint density at radius 1 is 1.07 bits per heavy atom. The highest BCUT2D eigenvalue weighted by Crippen LogP contribution is 2.29. The van der Waals surface area contributed by atoms with Crippen LogP contribution in [-0.4, -0.2) is 37.2 Å². The lowest BCUT2D eigenvalue weighted by atomic mass is 10.0. The van der Waals surface area contributed by atoms with Crippen LogP contribution in [0.3, 0.4) is 0 Å². The largest absolute Gasteiger partial charge is 0.479 e. The molecule has 0 saturated carbocycles. The number of aliphatic carboxylic acids is 1. The smallest absolute Gasteiger partial charge is 0.408 e. The minimum atomic E-state index is -2.21. The predicted octanol–water partition coefficient (Wildman–Crippen LogP) is 4.73. The first-order valence-electron chi connectivity index (χ1n) is 9.52. The fourth-order valence-corrected chi connectivity index (χ4v) is 5.73. The van der Waals surface area contributed by atoms with Gasteiger partial charge < -0.3 is 19.6 Å². The van der Waals surface area contributed by atoms with Crippen LogP contribution in [0, 0.1) is 0 Å². The minimum absolute atomic E-state index is 0.664. The number of benzene rings is 1. The topological polar surface area (TPSA) is 84.9 Å². The second-order valence-corrected chi connectivity index (χ2v) is 12.4. The van der Waals surface area contributed by atoms with Crippen molar-refractivity contribution in [2.45, 2.75) is 77.4 Å². The molecule has 0 fully saturated rings. The van der Waals surface area contributed by atoms with Gasteiger partial charge in [-0.25, -0.2) is 9.59 Å². The summed E-state index contributed by atoms with van der Waals surface area (Å²) in [5.41, 5.74) is -0.0124. The van der Waals surface area contributed by atoms with Crippen LogP contribution in [0.25, 0.3) is 0 Å². The maximum atomic E-state index is 12.4. The number of carbonyl (C=O) groups is 2. The molecule has 2 N–H and O–H groups in total. The summed E-state index contributed by atoms with van der Waals surface area (Å²) in [6.45, 7) is 11.4. The van der Waals surface area contributed by atoms with Gasteiger partial charge in [0.25, 0.3) is 0 Å². The van der Waals surface area contributed by atoms with Crippen LogP contribution in [-0.2, 0) is 14.0 Å². The van der Waals surface area contributed by atoms with E-state index in [2.05, 4.69) is 5.32 Å². The molecule has 27 heavy (non-hydrogen) atoms. The van der Waals surface area contributed by atoms with Crippen LogP contribution in [0.4, 0.5) is 4.79 Å². The molecule has 1 aromatic carbocycles. The van der Waals surface area contributed by atoms with Crippen LogP contribution >= 0.6 is 0 Å². The molecule has 7 heteroatoms. The van der Waals surface area contributed by atoms with E-state index < -0.39 is 38.1 Å². The summed E-state index contributed by atoms with van der Waals surface area (Å²) in [5, 5.41) is 12.6. The van der Waals surface area contributed by atoms with E-state index in [1.807, 2.05) is 39.0 Å². The van der Waals surface area contributed by atoms with Crippen molar-refractivity contribution in [3.05, 3.63) is 35.9 Å². The van der Waals surface area contributed by atoms with Crippen molar-refractivity contribution in [3.63, 3.8) is 0 Å². The number of carboxylic acid groups (broad SMARTS) is 1. The molecule has 152 valence electrons. The second kappa shape index (κ2) is 9.89. The van der Waals surface area contributed by atoms with Crippen molar-refractivity contribution in [1.82, 2.24) is 5.32 Å². The molecule has 0 spiro atoms. The quantitative estimate of drug-likeness (QED) is 0.591. The molecule has 0 unspecified atom stereocenters. The van der Waals surface area contributed by atoms with Gasteiger partial charge in [0, 0.05) is 0 Å². The Kier molecular flexibility index (Phi) is 8.49. The summed E-state index contributed by atoms with van der Waals surface area (Å²) in [5.74, 6) is -1.09. The van der Waals surface area contributed by atoms with Gasteiger partial charge in [0.05, 0.1) is 6.04 Å². The molecule has 2 atom stereocenters. The van der Waals surface area contributed by atoms with Crippen molar-refractivity contribution in [2.24, 2.45) is 0 Å². The van der Waals surface area contributed by atoms with Crippen molar-refractivity contribution < 1.29 is 23.9 Å². The van der Waals surface area contributed by atoms with Gasteiger partial charge in [-0.2, -0.15) is 0 Å². The van der Waals surface area contributed by atoms with Crippen molar-refractivity contribution in [3.8, 4) is 0 Å². The fourth-order valence-electron chi connectivity index (χ4n) is 2.96. The van der Waals surface area contributed by atoms with Crippen molar-refractivity contribution in [2.75, 3.05) is 0 Å². The van der Waals surface area contributed by atoms with Crippen LogP contribution in [0.5, 0.6) is 0 Å². The van der Waals surface area contributed by atoms with Gasteiger partial charge in [0.15, 0.2) is 14.4 Å². The molecular formula is C20H33NO5Si. The number of alkyl carbamates (subject to hydrolysis) is 1. The zero-order chi connectivity index (χ0) is 20.7. The average Bonchev–Trinajstić information content (AvgIpc) is 2.61. The Bertz CT molecular complexity index is 602. The highest BCUT2D eigenvalue weighted by molar-refractivity contribution is 6.73. The number of nitrogens with one attached hydrogen (secondary N) is 1. The first-order valence-corrected chi connectivity index (χ1v) is 12.1. The number of carbonyl (C=O) groups excluding carboxylic acids is 1. The number of ether oxygens (including phenoxy) is 1. The predicted molar refractivity (Wildman–Crippen MR) is 108 cm³/mol. The lowest BCUT2D eigenvalue weighted by molar-refractivity contribution is -0.147. The van der Waals surface area contributed by atoms with E-state index in [1.54, 1.807) is 32.9 Å². The first-order chi connectivity index (χ1) is 12.6. The van der Waals surface area contributed by atoms with Gasteiger partial charge in [-0.15, -0.1) is 0 Å². The van der Waals surface area contributed by atoms with Crippen LogP contribution < -0.4 is 5.32 Å². The number of hydrogen-bond donors (Lipinski definition) is 2. The standard InChI is InChI=1S/C20H33NO5Si/c1-7-27(8-2,9-3)26-17(18(22)23)16(15-13-11-10-12-14-15)21-19(24)25-20(4,5)6/h10-14,16-17H,7-9H2,1-6H3,(H,21,24)(H,22,23)/t16-,17+/m0/s1. The number of hydrogen-bond acceptors (Lipinski definition) is 4. The normalized spacial score (nSPS) is 14.3. The van der Waals surface area contributed by atoms with Gasteiger partial charge in [0.2, 0.25) is 0 Å². The SMILES string of the molecule is CC[Si](CC)(CC)O[C@@H](C(=O)O)[C@@H](NC(=O)OC(C)(C)C)c1ccccc1. The van der Waals surface area contributed by atoms with E-state index in [4.69, 9.17) is 9.16 Å². The van der Waals surface area contributed by atoms with Crippen molar-refractivity contribution in [1.29, 1.82) is 0 Å². The molecule has 1 amide bonds. The Morgan fingerprint density at radius 3 is 2.00 bits per heavy atom. The number of amides is 1. The molecule has 0 aliphatic carbocycles. The van der Waals surface area contributed by atoms with Gasteiger partial charge in [0.1, 0.15) is 5.60 Å². The van der Waals surface area contributed by atoms with E-state index in [0.29, 0.717) is 5.56 Å². The molecular weight excluding hydrogens is 362 g/mol. The van der Waals surface area contributed by atoms with Crippen LogP contribution in [0.1, 0.15) is 53.1 Å². The summed E-state index contributed by atoms with van der Waals surface area (Å²) in [6, 6.07) is 10.6. The van der Waals surface area contributed by atoms with E-state index in [-0.39, 0.29) is 0 Å². The highest BCUT2D eigenvalue weighted by atomic mass is 28.4. The highest BCUT2D eigenvalue weighted by Gasteiger charge is 2.40. The van der Waals surface area contributed by atoms with Gasteiger partial charge in [-0.1, -0.05) is 51.1 Å². The first kappa shape index (κ1) is 23.2. The van der Waals surface area contributed by atoms with Gasteiger partial charge in [-0.05, 0) is 44.5 Å². The average molecular weight is 396 g/mol. The Morgan fingerprint density at radius 2 is 1.59 bits per heavy atom. The maximum absolute atomic E-state index is 12.4. The fraction of sp³-hybridized carbons (Fsp3) is 0.600. The Hall–Kier alpha value is -1.86. The van der Waals surface area contributed by atoms with E-state index in [1.165, 1.54) is 0 Å². The minimum Gasteiger partial charge on any atom is -0.479 e.